The number of nitrogens with two attached hydrogens (primary N) is 1. The molecule has 28 N–H and O–H groups in total. The van der Waals surface area contributed by atoms with Crippen molar-refractivity contribution in [2.45, 2.75) is 284 Å². The van der Waals surface area contributed by atoms with Gasteiger partial charge < -0.3 is 127 Å². The number of carboxylic acid groups (broad SMARTS) is 21. The molecule has 0 heterocycles. The van der Waals surface area contributed by atoms with E-state index < -0.39 is 178 Å². The average molecular weight is 2090 g/mol. The van der Waals surface area contributed by atoms with Crippen molar-refractivity contribution in [1.82, 2.24) is 10.6 Å². The van der Waals surface area contributed by atoms with E-state index in [0.29, 0.717) is 37.7 Å². The zero-order valence-electron chi connectivity index (χ0n) is 79.4. The third-order valence-electron chi connectivity index (χ3n) is 17.9. The Morgan fingerprint density at radius 1 is 0.338 bits per heavy atom. The third kappa shape index (κ3) is 88.9. The molecule has 2 unspecified atom stereocenters. The molecular weight excluding hydrogens is 1950 g/mol. The number of hydrogen-bond donors (Lipinski definition) is 27. The van der Waals surface area contributed by atoms with Gasteiger partial charge in [0.1, 0.15) is 29.4 Å². The van der Waals surface area contributed by atoms with E-state index in [4.69, 9.17) is 113 Å². The van der Waals surface area contributed by atoms with Gasteiger partial charge in [0.15, 0.2) is 23.2 Å². The van der Waals surface area contributed by atoms with E-state index in [0.717, 1.165) is 103 Å². The summed E-state index contributed by atoms with van der Waals surface area (Å²) in [4.78, 5) is 249. The fourth-order valence-electron chi connectivity index (χ4n) is 10.0. The molecule has 2 aromatic rings. The lowest BCUT2D eigenvalue weighted by atomic mass is 9.79. The van der Waals surface area contributed by atoms with Gasteiger partial charge in [-0.25, -0.2) is 24.0 Å². The Kier molecular flexibility index (Phi) is 93.7. The number of nitrogens with one attached hydrogen (secondary N) is 2. The first-order valence-electron chi connectivity index (χ1n) is 43.7. The Bertz CT molecular complexity index is 4000. The van der Waals surface area contributed by atoms with Crippen LogP contribution in [0, 0.1) is 23.2 Å². The van der Waals surface area contributed by atoms with Gasteiger partial charge in [0.2, 0.25) is 0 Å². The second-order valence-corrected chi connectivity index (χ2v) is 32.4. The number of aliphatic hydroxyl groups is 1. The van der Waals surface area contributed by atoms with Crippen LogP contribution in [-0.4, -0.2) is 296 Å². The fraction of sp³-hybridized carbons (Fsp3) is 0.591. The normalized spacial score (nSPS) is 10.5. The van der Waals surface area contributed by atoms with Crippen molar-refractivity contribution in [2.75, 3.05) is 24.6 Å². The van der Waals surface area contributed by atoms with Gasteiger partial charge in [-0.3, -0.25) is 102 Å². The van der Waals surface area contributed by atoms with Crippen LogP contribution in [0.5, 0.6) is 11.5 Å². The van der Waals surface area contributed by atoms with Gasteiger partial charge in [-0.1, -0.05) is 195 Å². The third-order valence-corrected chi connectivity index (χ3v) is 20.3. The number of aliphatic carboxylic acids is 21. The summed E-state index contributed by atoms with van der Waals surface area (Å²) >= 11 is 0. The molecule has 810 valence electrons. The molecule has 0 spiro atoms. The number of unbranched alkanes of at least 4 members (excludes halogenated alkanes) is 16. The zero-order valence-corrected chi connectivity index (χ0v) is 81.0. The Balaban J connectivity index is -0.000000200. The van der Waals surface area contributed by atoms with E-state index in [9.17, 15) is 130 Å². The Hall–Kier alpha value is -13.7. The topological polar surface area (TPSA) is 955 Å². The van der Waals surface area contributed by atoms with E-state index in [1.54, 1.807) is 44.2 Å². The molecule has 0 bridgehead atoms. The second-order valence-electron chi connectivity index (χ2n) is 29.7. The first-order valence-corrected chi connectivity index (χ1v) is 46.2. The summed E-state index contributed by atoms with van der Waals surface area (Å²) < 4.78 is 0. The lowest BCUT2D eigenvalue weighted by Gasteiger charge is -2.23. The number of phenolic OH excluding ortho intramolecular Hbond substituents is 2. The predicted octanol–water partition coefficient (Wildman–Crippen LogP) is 8.98. The molecule has 0 saturated heterocycles. The van der Waals surface area contributed by atoms with Crippen LogP contribution in [0.3, 0.4) is 0 Å². The smallest absolute Gasteiger partial charge is 0.384 e. The SMILES string of the molecule is CC(C(=O)O)C(=O)O.CC(O)(C(=O)O)C(=O)O.CCC(C(=O)O)C(=O)O.CCCC(CCC)(C(=O)O)C(=O)O.CCCCC(C(=O)O)C(=O)O.NOC(=O)C(NCCNC(C(=O)O)c1ccccc1O)c1ccccc1O.O=C(O)C(=O)C(=O)O.O=C(O)CCC(=O)CCC(=O)O.O=C(O)CCCCCCCCCCC(=O)O.O=C(O)CCCCCCCCCCCC(=O)O.O=C(O)CCSSCCC(=O)O. The maximum Gasteiger partial charge on any atom is 0.384 e. The summed E-state index contributed by atoms with van der Waals surface area (Å²) in [7, 11) is 2.79. The average Bonchev–Trinajstić information content (AvgIpc) is 0.834. The molecule has 0 saturated carbocycles. The first-order chi connectivity index (χ1) is 66.0. The number of rotatable bonds is 65. The molecule has 54 heteroatoms. The van der Waals surface area contributed by atoms with Crippen LogP contribution >= 0.6 is 21.6 Å². The number of ketones is 2. The Morgan fingerprint density at radius 2 is 0.613 bits per heavy atom. The van der Waals surface area contributed by atoms with Crippen molar-refractivity contribution >= 4 is 164 Å². The number of benzene rings is 2. The number of phenols is 2. The molecule has 52 nitrogen and oxygen atoms in total. The zero-order chi connectivity index (χ0) is 112. The first kappa shape index (κ1) is 146. The summed E-state index contributed by atoms with van der Waals surface area (Å²) in [6.45, 7) is 9.10. The quantitative estimate of drug-likeness (QED) is 0.00965. The van der Waals surface area contributed by atoms with E-state index >= 15 is 0 Å². The highest BCUT2D eigenvalue weighted by atomic mass is 33.1. The molecule has 2 rings (SSSR count). The number of carbonyl (C=O) groups is 24. The fourth-order valence-corrected chi connectivity index (χ4v) is 12.0. The molecule has 0 radical (unpaired) electrons. The van der Waals surface area contributed by atoms with Gasteiger partial charge in [-0.2, -0.15) is 5.90 Å². The van der Waals surface area contributed by atoms with Gasteiger partial charge in [-0.15, -0.1) is 0 Å². The van der Waals surface area contributed by atoms with Crippen LogP contribution in [-0.2, 0) is 120 Å². The van der Waals surface area contributed by atoms with Crippen LogP contribution in [0.4, 0.5) is 0 Å². The molecule has 0 aromatic heterocycles. The number of carbonyl (C=O) groups excluding carboxylic acids is 3. The van der Waals surface area contributed by atoms with Crippen LogP contribution in [0.25, 0.3) is 0 Å². The number of para-hydroxylation sites is 2. The minimum absolute atomic E-state index is 0.0807. The number of Topliss-reactive ketones (excluding diaryl/α,β-unsaturated/α-hetero) is 2. The molecule has 0 fully saturated rings. The van der Waals surface area contributed by atoms with Crippen molar-refractivity contribution in [3.05, 3.63) is 59.7 Å². The van der Waals surface area contributed by atoms with Gasteiger partial charge in [0, 0.05) is 74.2 Å². The molecular formula is C88H137N3O49S2. The van der Waals surface area contributed by atoms with Crippen molar-refractivity contribution in [3.8, 4) is 11.5 Å². The molecule has 0 amide bonds. The Morgan fingerprint density at radius 3 is 0.803 bits per heavy atom. The van der Waals surface area contributed by atoms with Crippen molar-refractivity contribution < 1.29 is 242 Å². The minimum atomic E-state index is -2.67. The maximum atomic E-state index is 11.9. The summed E-state index contributed by atoms with van der Waals surface area (Å²) in [5.41, 5.74) is -3.73. The monoisotopic (exact) mass is 2080 g/mol. The predicted molar refractivity (Wildman–Crippen MR) is 497 cm³/mol. The maximum absolute atomic E-state index is 11.9. The summed E-state index contributed by atoms with van der Waals surface area (Å²) in [6.07, 6.45) is 21.4. The summed E-state index contributed by atoms with van der Waals surface area (Å²) in [5.74, 6) is -26.2. The van der Waals surface area contributed by atoms with Gasteiger partial charge in [-0.05, 0) is 77.3 Å². The van der Waals surface area contributed by atoms with Gasteiger partial charge >= 0.3 is 137 Å². The van der Waals surface area contributed by atoms with Crippen molar-refractivity contribution in [2.24, 2.45) is 29.1 Å². The molecule has 0 aliphatic carbocycles. The highest BCUT2D eigenvalue weighted by Gasteiger charge is 2.45. The standard InChI is InChI=1S/C18H21N3O6.C13H24O4.C12H22O4.C9H16O4.C7H10O5.C7H12O4.C6H10O4S2.C5H8O4.C4H6O5.C4H6O4.C3H2O5/c19-27-18(26)16(12-6-2-4-8-14(12)23)21-10-9-20-15(17(24)25)11-5-1-3-7-13(11)22;14-12(15)10-8-6-4-2-1-3-5-7-9-11-13(16)17;13-11(14)9-7-5-3-1-2-4-6-8-10-12(15)16;1-3-5-9(6-4-2,7(10)11)8(12)13;8-5(1-3-6(9)10)2-4-7(11)12;1-2-3-4-5(6(8)9)7(10)11;7-5(8)1-3-11-12-4-2-6(9)10;1-2-3(4(6)7)5(8)9;1-4(9,2(5)6)3(7)8;1-2(3(5)6)4(7)8;4-1(2(5)6)3(7)8/h1-8,15-16,20-23H,9-10,19H2,(H,24,25);1-11H2,(H,14,15)(H,16,17);1-10H2,(H,13,14)(H,15,16);3-6H2,1-2H3,(H,10,11)(H,12,13);1-4H2,(H,9,10)(H,11,12);5H,2-4H2,1H3,(H,8,9)(H,10,11);1-4H2,(H,7,8)(H,9,10);3H,2H2,1H3,(H,6,7)(H,8,9);9H,1H3,(H,5,6)(H,7,8);2H,1H3,(H,5,6)(H,7,8);(H,5,6)(H,7,8). The van der Waals surface area contributed by atoms with E-state index in [-0.39, 0.29) is 131 Å². The lowest BCUT2D eigenvalue weighted by molar-refractivity contribution is -0.174. The number of aromatic hydroxyl groups is 2. The molecule has 0 aliphatic heterocycles. The number of carboxylic acids is 21. The minimum Gasteiger partial charge on any atom is -0.508 e. The van der Waals surface area contributed by atoms with Crippen LogP contribution in [0.15, 0.2) is 48.5 Å². The lowest BCUT2D eigenvalue weighted by Crippen LogP contribution is -2.43. The van der Waals surface area contributed by atoms with Crippen molar-refractivity contribution in [1.29, 1.82) is 0 Å². The van der Waals surface area contributed by atoms with Crippen LogP contribution < -0.4 is 16.5 Å². The Labute approximate surface area is 822 Å². The largest absolute Gasteiger partial charge is 0.508 e. The molecule has 2 aromatic carbocycles. The van der Waals surface area contributed by atoms with E-state index in [1.165, 1.54) is 66.0 Å². The van der Waals surface area contributed by atoms with Crippen LogP contribution in [0.2, 0.25) is 0 Å². The highest BCUT2D eigenvalue weighted by Crippen LogP contribution is 2.31. The van der Waals surface area contributed by atoms with E-state index in [2.05, 4.69) is 15.5 Å². The summed E-state index contributed by atoms with van der Waals surface area (Å²) in [6, 6.07) is 10.2. The van der Waals surface area contributed by atoms with Gasteiger partial charge in [0.25, 0.3) is 5.60 Å². The number of hydrogen-bond acceptors (Lipinski definition) is 33. The van der Waals surface area contributed by atoms with Crippen LogP contribution in [0.1, 0.15) is 289 Å². The molecule has 142 heavy (non-hydrogen) atoms. The van der Waals surface area contributed by atoms with Crippen molar-refractivity contribution in [3.63, 3.8) is 0 Å². The highest BCUT2D eigenvalue weighted by molar-refractivity contribution is 8.76. The molecule has 0 aliphatic rings. The molecule has 2 atom stereocenters. The second kappa shape index (κ2) is 91.1. The van der Waals surface area contributed by atoms with Gasteiger partial charge in [0.05, 0.1) is 25.7 Å². The summed E-state index contributed by atoms with van der Waals surface area (Å²) in [5, 5.41) is 208. The van der Waals surface area contributed by atoms with E-state index in [1.807, 2.05) is 6.92 Å².